The number of benzene rings is 1. The summed E-state index contributed by atoms with van der Waals surface area (Å²) in [6.07, 6.45) is 6.88. The molecule has 0 amide bonds. The first kappa shape index (κ1) is 14.8. The van der Waals surface area contributed by atoms with Gasteiger partial charge in [-0.2, -0.15) is 0 Å². The summed E-state index contributed by atoms with van der Waals surface area (Å²) in [5.74, 6) is 3.64. The molecule has 2 heterocycles. The van der Waals surface area contributed by atoms with Crippen LogP contribution in [-0.4, -0.2) is 30.2 Å². The van der Waals surface area contributed by atoms with E-state index >= 15 is 0 Å². The zero-order valence-electron chi connectivity index (χ0n) is 12.8. The van der Waals surface area contributed by atoms with Crippen molar-refractivity contribution in [1.82, 2.24) is 15.3 Å². The zero-order valence-corrected chi connectivity index (χ0v) is 12.8. The predicted molar refractivity (Wildman–Crippen MR) is 84.4 cm³/mol. The second-order valence-electron chi connectivity index (χ2n) is 5.53. The van der Waals surface area contributed by atoms with Gasteiger partial charge in [-0.05, 0) is 44.0 Å². The maximum absolute atomic E-state index is 5.75. The van der Waals surface area contributed by atoms with Gasteiger partial charge in [-0.25, -0.2) is 9.97 Å². The summed E-state index contributed by atoms with van der Waals surface area (Å²) in [6.45, 7) is 2.19. The van der Waals surface area contributed by atoms with Gasteiger partial charge in [0.1, 0.15) is 17.3 Å². The number of hydrogen-bond acceptors (Lipinski definition) is 5. The molecule has 0 bridgehead atoms. The normalized spacial score (nSPS) is 18.0. The van der Waals surface area contributed by atoms with Crippen molar-refractivity contribution in [1.29, 1.82) is 0 Å². The van der Waals surface area contributed by atoms with E-state index in [9.17, 15) is 0 Å². The van der Waals surface area contributed by atoms with E-state index < -0.39 is 0 Å². The molecular formula is C17H21N3O2. The fraction of sp³-hybridized carbons (Fsp3) is 0.412. The van der Waals surface area contributed by atoms with Gasteiger partial charge in [0, 0.05) is 12.5 Å². The Morgan fingerprint density at radius 2 is 2.00 bits per heavy atom. The quantitative estimate of drug-likeness (QED) is 0.920. The summed E-state index contributed by atoms with van der Waals surface area (Å²) < 4.78 is 10.9. The molecule has 1 aliphatic heterocycles. The van der Waals surface area contributed by atoms with E-state index in [0.29, 0.717) is 17.4 Å². The van der Waals surface area contributed by atoms with Crippen molar-refractivity contribution in [3.63, 3.8) is 0 Å². The van der Waals surface area contributed by atoms with Gasteiger partial charge in [0.25, 0.3) is 0 Å². The Labute approximate surface area is 130 Å². The highest BCUT2D eigenvalue weighted by Crippen LogP contribution is 2.24. The Morgan fingerprint density at radius 1 is 1.18 bits per heavy atom. The van der Waals surface area contributed by atoms with Gasteiger partial charge in [-0.15, -0.1) is 0 Å². The highest BCUT2D eigenvalue weighted by Gasteiger charge is 2.14. The molecule has 1 aromatic heterocycles. The third-order valence-corrected chi connectivity index (χ3v) is 3.83. The molecular weight excluding hydrogens is 278 g/mol. The lowest BCUT2D eigenvalue weighted by atomic mass is 9.96. The molecule has 1 unspecified atom stereocenters. The summed E-state index contributed by atoms with van der Waals surface area (Å²) in [6, 6.07) is 7.48. The Balaban J connectivity index is 1.60. The second-order valence-corrected chi connectivity index (χ2v) is 5.53. The number of nitrogens with zero attached hydrogens (tertiary/aromatic N) is 2. The molecule has 5 heteroatoms. The van der Waals surface area contributed by atoms with E-state index in [1.54, 1.807) is 19.5 Å². The molecule has 1 N–H and O–H groups in total. The maximum Gasteiger partial charge on any atom is 0.164 e. The summed E-state index contributed by atoms with van der Waals surface area (Å²) in [4.78, 5) is 8.83. The fourth-order valence-corrected chi connectivity index (χ4v) is 2.66. The fourth-order valence-electron chi connectivity index (χ4n) is 2.66. The third kappa shape index (κ3) is 3.95. The lowest BCUT2D eigenvalue weighted by molar-refractivity contribution is 0.370. The van der Waals surface area contributed by atoms with Crippen LogP contribution in [0.2, 0.25) is 0 Å². The molecule has 3 rings (SSSR count). The summed E-state index contributed by atoms with van der Waals surface area (Å²) in [5, 5.41) is 3.42. The van der Waals surface area contributed by atoms with Gasteiger partial charge in [0.15, 0.2) is 5.75 Å². The molecule has 22 heavy (non-hydrogen) atoms. The van der Waals surface area contributed by atoms with Crippen LogP contribution in [0.5, 0.6) is 17.2 Å². The van der Waals surface area contributed by atoms with E-state index in [0.717, 1.165) is 31.1 Å². The summed E-state index contributed by atoms with van der Waals surface area (Å²) in [7, 11) is 1.64. The van der Waals surface area contributed by atoms with E-state index in [4.69, 9.17) is 9.47 Å². The van der Waals surface area contributed by atoms with Crippen LogP contribution in [0.3, 0.4) is 0 Å². The molecule has 1 saturated heterocycles. The first-order valence-electron chi connectivity index (χ1n) is 7.67. The highest BCUT2D eigenvalue weighted by molar-refractivity contribution is 5.35. The van der Waals surface area contributed by atoms with E-state index in [-0.39, 0.29) is 0 Å². The Hall–Kier alpha value is -2.14. The van der Waals surface area contributed by atoms with Crippen molar-refractivity contribution < 1.29 is 9.47 Å². The van der Waals surface area contributed by atoms with Crippen LogP contribution in [0.25, 0.3) is 0 Å². The SMILES string of the molecule is COc1cccc(Oc2cnc(CC3CCCNC3)nc2)c1. The van der Waals surface area contributed by atoms with E-state index in [1.165, 1.54) is 12.8 Å². The molecule has 1 aromatic carbocycles. The topological polar surface area (TPSA) is 56.3 Å². The number of methoxy groups -OCH3 is 1. The van der Waals surface area contributed by atoms with Crippen molar-refractivity contribution in [2.24, 2.45) is 5.92 Å². The van der Waals surface area contributed by atoms with Crippen LogP contribution in [-0.2, 0) is 6.42 Å². The van der Waals surface area contributed by atoms with Gasteiger partial charge in [-0.3, -0.25) is 0 Å². The molecule has 0 radical (unpaired) electrons. The average molecular weight is 299 g/mol. The third-order valence-electron chi connectivity index (χ3n) is 3.83. The Morgan fingerprint density at radius 3 is 2.73 bits per heavy atom. The maximum atomic E-state index is 5.75. The van der Waals surface area contributed by atoms with Gasteiger partial charge >= 0.3 is 0 Å². The first-order chi connectivity index (χ1) is 10.8. The molecule has 1 atom stereocenters. The number of hydrogen-bond donors (Lipinski definition) is 1. The first-order valence-corrected chi connectivity index (χ1v) is 7.67. The molecule has 1 fully saturated rings. The van der Waals surface area contributed by atoms with Gasteiger partial charge in [-0.1, -0.05) is 6.07 Å². The number of ether oxygens (including phenoxy) is 2. The van der Waals surface area contributed by atoms with Crippen molar-refractivity contribution >= 4 is 0 Å². The number of aromatic nitrogens is 2. The van der Waals surface area contributed by atoms with Gasteiger partial charge < -0.3 is 14.8 Å². The smallest absolute Gasteiger partial charge is 0.164 e. The molecule has 0 aliphatic carbocycles. The minimum Gasteiger partial charge on any atom is -0.497 e. The van der Waals surface area contributed by atoms with E-state index in [1.807, 2.05) is 24.3 Å². The summed E-state index contributed by atoms with van der Waals surface area (Å²) in [5.41, 5.74) is 0. The molecule has 2 aromatic rings. The number of piperidine rings is 1. The minimum absolute atomic E-state index is 0.638. The van der Waals surface area contributed by atoms with Crippen LogP contribution >= 0.6 is 0 Å². The molecule has 0 saturated carbocycles. The van der Waals surface area contributed by atoms with Crippen molar-refractivity contribution in [2.75, 3.05) is 20.2 Å². The molecule has 0 spiro atoms. The van der Waals surface area contributed by atoms with Crippen molar-refractivity contribution in [2.45, 2.75) is 19.3 Å². The Kier molecular flexibility index (Phi) is 4.85. The number of rotatable bonds is 5. The van der Waals surface area contributed by atoms with Crippen LogP contribution in [0.4, 0.5) is 0 Å². The highest BCUT2D eigenvalue weighted by atomic mass is 16.5. The molecule has 1 aliphatic rings. The minimum atomic E-state index is 0.638. The predicted octanol–water partition coefficient (Wildman–Crippen LogP) is 2.82. The molecule has 116 valence electrons. The lowest BCUT2D eigenvalue weighted by Gasteiger charge is -2.21. The second kappa shape index (κ2) is 7.22. The van der Waals surface area contributed by atoms with Gasteiger partial charge in [0.05, 0.1) is 19.5 Å². The van der Waals surface area contributed by atoms with Crippen molar-refractivity contribution in [3.05, 3.63) is 42.5 Å². The lowest BCUT2D eigenvalue weighted by Crippen LogP contribution is -2.31. The van der Waals surface area contributed by atoms with Crippen LogP contribution < -0.4 is 14.8 Å². The average Bonchev–Trinajstić information content (AvgIpc) is 2.58. The van der Waals surface area contributed by atoms with E-state index in [2.05, 4.69) is 15.3 Å². The number of nitrogens with one attached hydrogen (secondary N) is 1. The van der Waals surface area contributed by atoms with Crippen LogP contribution in [0.1, 0.15) is 18.7 Å². The Bertz CT molecular complexity index is 595. The van der Waals surface area contributed by atoms with Crippen LogP contribution in [0.15, 0.2) is 36.7 Å². The largest absolute Gasteiger partial charge is 0.497 e. The summed E-state index contributed by atoms with van der Waals surface area (Å²) >= 11 is 0. The zero-order chi connectivity index (χ0) is 15.2. The van der Waals surface area contributed by atoms with Crippen molar-refractivity contribution in [3.8, 4) is 17.2 Å². The monoisotopic (exact) mass is 299 g/mol. The molecule has 5 nitrogen and oxygen atoms in total. The standard InChI is InChI=1S/C17H21N3O2/c1-21-14-5-2-6-15(9-14)22-16-11-19-17(20-12-16)8-13-4-3-7-18-10-13/h2,5-6,9,11-13,18H,3-4,7-8,10H2,1H3. The van der Waals surface area contributed by atoms with Gasteiger partial charge in [0.2, 0.25) is 0 Å². The van der Waals surface area contributed by atoms with Crippen LogP contribution in [0, 0.1) is 5.92 Å².